The maximum absolute atomic E-state index is 10.7. The van der Waals surface area contributed by atoms with Crippen molar-refractivity contribution in [1.82, 2.24) is 0 Å². The third kappa shape index (κ3) is 4.84. The first-order valence-electron chi connectivity index (χ1n) is 10.5. The summed E-state index contributed by atoms with van der Waals surface area (Å²) in [7, 11) is 0. The monoisotopic (exact) mass is 404 g/mol. The van der Waals surface area contributed by atoms with Crippen molar-refractivity contribution in [2.75, 3.05) is 5.75 Å². The molecular weight excluding hydrogens is 376 g/mol. The van der Waals surface area contributed by atoms with Crippen molar-refractivity contribution in [2.24, 2.45) is 5.92 Å². The first-order chi connectivity index (χ1) is 14.1. The van der Waals surface area contributed by atoms with Gasteiger partial charge in [-0.1, -0.05) is 61.5 Å². The number of aliphatic carboxylic acids is 1. The second-order valence-electron chi connectivity index (χ2n) is 8.33. The predicted octanol–water partition coefficient (Wildman–Crippen LogP) is 7.09. The van der Waals surface area contributed by atoms with E-state index in [1.165, 1.54) is 59.3 Å². The zero-order valence-corrected chi connectivity index (χ0v) is 17.7. The van der Waals surface area contributed by atoms with E-state index in [4.69, 9.17) is 5.11 Å². The number of hydrogen-bond acceptors (Lipinski definition) is 2. The summed E-state index contributed by atoms with van der Waals surface area (Å²) in [5, 5.41) is 11.6. The Morgan fingerprint density at radius 3 is 2.59 bits per heavy atom. The molecule has 0 bridgehead atoms. The van der Waals surface area contributed by atoms with Gasteiger partial charge in [-0.2, -0.15) is 0 Å². The third-order valence-electron chi connectivity index (χ3n) is 6.30. The van der Waals surface area contributed by atoms with Crippen LogP contribution in [0, 0.1) is 5.92 Å². The summed E-state index contributed by atoms with van der Waals surface area (Å²) in [6, 6.07) is 24.0. The van der Waals surface area contributed by atoms with Gasteiger partial charge >= 0.3 is 5.97 Å². The molecule has 1 fully saturated rings. The van der Waals surface area contributed by atoms with E-state index in [9.17, 15) is 4.79 Å². The Balaban J connectivity index is 1.38. The lowest BCUT2D eigenvalue weighted by molar-refractivity contribution is -0.133. The molecule has 1 aliphatic carbocycles. The lowest BCUT2D eigenvalue weighted by Crippen LogP contribution is -2.03. The zero-order valence-electron chi connectivity index (χ0n) is 16.9. The van der Waals surface area contributed by atoms with Crippen LogP contribution in [0.15, 0.2) is 71.6 Å². The lowest BCUT2D eigenvalue weighted by atomic mass is 9.86. The molecule has 4 rings (SSSR count). The Morgan fingerprint density at radius 2 is 1.79 bits per heavy atom. The first kappa shape index (κ1) is 20.0. The van der Waals surface area contributed by atoms with E-state index in [1.807, 2.05) is 0 Å². The minimum absolute atomic E-state index is 0.122. The van der Waals surface area contributed by atoms with Gasteiger partial charge in [0.25, 0.3) is 0 Å². The smallest absolute Gasteiger partial charge is 0.313 e. The van der Waals surface area contributed by atoms with Crippen molar-refractivity contribution < 1.29 is 9.90 Å². The summed E-state index contributed by atoms with van der Waals surface area (Å²) in [6.07, 6.45) is 5.07. The van der Waals surface area contributed by atoms with Crippen LogP contribution < -0.4 is 0 Å². The van der Waals surface area contributed by atoms with Crippen molar-refractivity contribution in [3.05, 3.63) is 77.9 Å². The molecule has 2 unspecified atom stereocenters. The maximum atomic E-state index is 10.7. The third-order valence-corrected chi connectivity index (χ3v) is 7.29. The van der Waals surface area contributed by atoms with Gasteiger partial charge in [-0.15, -0.1) is 11.8 Å². The largest absolute Gasteiger partial charge is 0.481 e. The summed E-state index contributed by atoms with van der Waals surface area (Å²) < 4.78 is 0. The van der Waals surface area contributed by atoms with Gasteiger partial charge in [-0.25, -0.2) is 0 Å². The van der Waals surface area contributed by atoms with E-state index in [1.54, 1.807) is 0 Å². The molecule has 3 aromatic carbocycles. The van der Waals surface area contributed by atoms with Crippen LogP contribution in [0.1, 0.15) is 55.6 Å². The average Bonchev–Trinajstić information content (AvgIpc) is 3.20. The highest BCUT2D eigenvalue weighted by Crippen LogP contribution is 2.43. The van der Waals surface area contributed by atoms with Crippen LogP contribution in [-0.2, 0) is 4.79 Å². The fraction of sp³-hybridized carbons (Fsp3) is 0.346. The molecule has 29 heavy (non-hydrogen) atoms. The lowest BCUT2D eigenvalue weighted by Gasteiger charge is -2.19. The number of rotatable bonds is 7. The van der Waals surface area contributed by atoms with Crippen LogP contribution >= 0.6 is 11.8 Å². The highest BCUT2D eigenvalue weighted by molar-refractivity contribution is 8.00. The van der Waals surface area contributed by atoms with Crippen molar-refractivity contribution >= 4 is 28.5 Å². The van der Waals surface area contributed by atoms with Gasteiger partial charge in [0.2, 0.25) is 0 Å². The van der Waals surface area contributed by atoms with E-state index in [2.05, 4.69) is 73.7 Å². The van der Waals surface area contributed by atoms with E-state index < -0.39 is 5.97 Å². The van der Waals surface area contributed by atoms with Crippen LogP contribution in [0.5, 0.6) is 0 Å². The van der Waals surface area contributed by atoms with Crippen LogP contribution in [0.4, 0.5) is 0 Å². The SMILES string of the molecule is C[C@@H](CC1CCC(c2ccc(SCC(=O)O)cc2)C1)c1cccc2ccccc12. The molecule has 2 nitrogen and oxygen atoms in total. The van der Waals surface area contributed by atoms with Gasteiger partial charge in [-0.05, 0) is 77.5 Å². The summed E-state index contributed by atoms with van der Waals surface area (Å²) in [5.74, 6) is 1.34. The Kier molecular flexibility index (Phi) is 6.25. The molecule has 3 atom stereocenters. The summed E-state index contributed by atoms with van der Waals surface area (Å²) >= 11 is 1.39. The Hall–Kier alpha value is -2.26. The maximum Gasteiger partial charge on any atom is 0.313 e. The second-order valence-corrected chi connectivity index (χ2v) is 9.38. The summed E-state index contributed by atoms with van der Waals surface area (Å²) in [6.45, 7) is 2.38. The molecule has 0 spiro atoms. The summed E-state index contributed by atoms with van der Waals surface area (Å²) in [4.78, 5) is 11.8. The molecule has 0 saturated heterocycles. The Bertz CT molecular complexity index is 974. The van der Waals surface area contributed by atoms with Crippen LogP contribution in [0.25, 0.3) is 10.8 Å². The van der Waals surface area contributed by atoms with E-state index in [0.717, 1.165) is 10.8 Å². The molecule has 3 aromatic rings. The van der Waals surface area contributed by atoms with Crippen LogP contribution in [-0.4, -0.2) is 16.8 Å². The highest BCUT2D eigenvalue weighted by atomic mass is 32.2. The van der Waals surface area contributed by atoms with E-state index in [-0.39, 0.29) is 5.75 Å². The molecule has 3 heteroatoms. The molecular formula is C26H28O2S. The average molecular weight is 405 g/mol. The molecule has 0 heterocycles. The van der Waals surface area contributed by atoms with Crippen LogP contribution in [0.2, 0.25) is 0 Å². The van der Waals surface area contributed by atoms with Crippen molar-refractivity contribution in [1.29, 1.82) is 0 Å². The fourth-order valence-electron chi connectivity index (χ4n) is 4.88. The molecule has 0 amide bonds. The number of hydrogen-bond donors (Lipinski definition) is 1. The highest BCUT2D eigenvalue weighted by Gasteiger charge is 2.27. The normalized spacial score (nSPS) is 20.0. The van der Waals surface area contributed by atoms with Gasteiger partial charge in [0.05, 0.1) is 5.75 Å². The molecule has 1 N–H and O–H groups in total. The van der Waals surface area contributed by atoms with Crippen molar-refractivity contribution in [3.8, 4) is 0 Å². The quantitative estimate of drug-likeness (QED) is 0.427. The number of carbonyl (C=O) groups is 1. The van der Waals surface area contributed by atoms with Gasteiger partial charge in [0.1, 0.15) is 0 Å². The summed E-state index contributed by atoms with van der Waals surface area (Å²) in [5.41, 5.74) is 2.89. The minimum atomic E-state index is -0.766. The number of fused-ring (bicyclic) bond motifs is 1. The van der Waals surface area contributed by atoms with E-state index >= 15 is 0 Å². The number of thioether (sulfide) groups is 1. The molecule has 1 aliphatic rings. The predicted molar refractivity (Wildman–Crippen MR) is 122 cm³/mol. The van der Waals surface area contributed by atoms with Gasteiger partial charge < -0.3 is 5.11 Å². The topological polar surface area (TPSA) is 37.3 Å². The van der Waals surface area contributed by atoms with E-state index in [0.29, 0.717) is 11.8 Å². The Labute approximate surface area is 177 Å². The standard InChI is InChI=1S/C26H28O2S/c1-18(24-8-4-6-21-5-2-3-7-25(21)24)15-19-9-10-22(16-19)20-11-13-23(14-12-20)29-17-26(27)28/h2-8,11-14,18-19,22H,9-10,15-17H2,1H3,(H,27,28)/t18-,19?,22?/m0/s1. The Morgan fingerprint density at radius 1 is 1.03 bits per heavy atom. The molecule has 1 saturated carbocycles. The second kappa shape index (κ2) is 9.04. The van der Waals surface area contributed by atoms with Gasteiger partial charge in [0.15, 0.2) is 0 Å². The first-order valence-corrected chi connectivity index (χ1v) is 11.5. The number of carboxylic acid groups (broad SMARTS) is 1. The molecule has 0 radical (unpaired) electrons. The zero-order chi connectivity index (χ0) is 20.2. The fourth-order valence-corrected chi connectivity index (χ4v) is 5.50. The number of benzene rings is 3. The molecule has 0 aromatic heterocycles. The van der Waals surface area contributed by atoms with Crippen molar-refractivity contribution in [2.45, 2.75) is 49.3 Å². The van der Waals surface area contributed by atoms with Crippen LogP contribution in [0.3, 0.4) is 0 Å². The molecule has 0 aliphatic heterocycles. The van der Waals surface area contributed by atoms with Gasteiger partial charge in [-0.3, -0.25) is 4.79 Å². The van der Waals surface area contributed by atoms with Gasteiger partial charge in [0, 0.05) is 4.90 Å². The molecule has 150 valence electrons. The number of carboxylic acids is 1. The van der Waals surface area contributed by atoms with Crippen molar-refractivity contribution in [3.63, 3.8) is 0 Å². The minimum Gasteiger partial charge on any atom is -0.481 e.